The molecule has 2 rings (SSSR count). The van der Waals surface area contributed by atoms with Gasteiger partial charge in [0, 0.05) is 26.1 Å². The fraction of sp³-hybridized carbons (Fsp3) is 0.615. The van der Waals surface area contributed by atoms with Gasteiger partial charge in [-0.2, -0.15) is 0 Å². The summed E-state index contributed by atoms with van der Waals surface area (Å²) in [6.45, 7) is 1.64. The van der Waals surface area contributed by atoms with Crippen LogP contribution in [0, 0.1) is 5.92 Å². The smallest absolute Gasteiger partial charge is 0.317 e. The summed E-state index contributed by atoms with van der Waals surface area (Å²) in [4.78, 5) is 13.7. The van der Waals surface area contributed by atoms with Crippen LogP contribution in [0.15, 0.2) is 22.8 Å². The summed E-state index contributed by atoms with van der Waals surface area (Å²) in [7, 11) is -3.43. The van der Waals surface area contributed by atoms with Crippen molar-refractivity contribution in [2.45, 2.75) is 19.3 Å². The number of piperidine rings is 1. The Kier molecular flexibility index (Phi) is 5.24. The topological polar surface area (TPSA) is 106 Å². The van der Waals surface area contributed by atoms with Crippen molar-refractivity contribution in [3.05, 3.63) is 24.2 Å². The van der Waals surface area contributed by atoms with Gasteiger partial charge in [-0.1, -0.05) is 0 Å². The largest absolute Gasteiger partial charge is 0.469 e. The van der Waals surface area contributed by atoms with E-state index in [0.29, 0.717) is 38.9 Å². The van der Waals surface area contributed by atoms with Crippen molar-refractivity contribution < 1.29 is 17.6 Å². The number of hydrogen-bond acceptors (Lipinski definition) is 4. The van der Waals surface area contributed by atoms with Gasteiger partial charge in [0.2, 0.25) is 10.0 Å². The Balaban J connectivity index is 1.68. The highest BCUT2D eigenvalue weighted by Crippen LogP contribution is 2.18. The third kappa shape index (κ3) is 5.39. The summed E-state index contributed by atoms with van der Waals surface area (Å²) >= 11 is 0. The van der Waals surface area contributed by atoms with Gasteiger partial charge < -0.3 is 14.6 Å². The van der Waals surface area contributed by atoms with Crippen LogP contribution in [0.5, 0.6) is 0 Å². The number of hydrogen-bond donors (Lipinski definition) is 2. The van der Waals surface area contributed by atoms with Gasteiger partial charge >= 0.3 is 6.03 Å². The first kappa shape index (κ1) is 15.8. The lowest BCUT2D eigenvalue weighted by Gasteiger charge is -2.31. The minimum absolute atomic E-state index is 0.000945. The molecule has 0 radical (unpaired) electrons. The van der Waals surface area contributed by atoms with Crippen molar-refractivity contribution in [2.75, 3.05) is 25.4 Å². The van der Waals surface area contributed by atoms with E-state index < -0.39 is 10.0 Å². The second-order valence-corrected chi connectivity index (χ2v) is 6.98. The molecule has 1 aliphatic heterocycles. The minimum Gasteiger partial charge on any atom is -0.469 e. The molecule has 21 heavy (non-hydrogen) atoms. The van der Waals surface area contributed by atoms with Gasteiger partial charge in [0.25, 0.3) is 0 Å². The Bertz CT molecular complexity index is 548. The van der Waals surface area contributed by atoms with Crippen molar-refractivity contribution in [1.29, 1.82) is 0 Å². The molecule has 0 spiro atoms. The molecular weight excluding hydrogens is 294 g/mol. The molecule has 1 fully saturated rings. The lowest BCUT2D eigenvalue weighted by atomic mass is 9.99. The average Bonchev–Trinajstić information content (AvgIpc) is 2.91. The van der Waals surface area contributed by atoms with Crippen molar-refractivity contribution >= 4 is 16.1 Å². The maximum Gasteiger partial charge on any atom is 0.317 e. The Morgan fingerprint density at radius 2 is 2.14 bits per heavy atom. The van der Waals surface area contributed by atoms with Gasteiger partial charge in [-0.25, -0.2) is 18.4 Å². The highest BCUT2D eigenvalue weighted by Gasteiger charge is 2.25. The number of furan rings is 1. The second-order valence-electron chi connectivity index (χ2n) is 5.32. The molecule has 1 aromatic heterocycles. The lowest BCUT2D eigenvalue weighted by Crippen LogP contribution is -2.45. The molecule has 7 nitrogen and oxygen atoms in total. The molecule has 0 unspecified atom stereocenters. The van der Waals surface area contributed by atoms with E-state index in [0.717, 1.165) is 5.76 Å². The Morgan fingerprint density at radius 3 is 2.71 bits per heavy atom. The van der Waals surface area contributed by atoms with E-state index in [1.54, 1.807) is 11.2 Å². The van der Waals surface area contributed by atoms with Crippen LogP contribution in [-0.2, 0) is 16.4 Å². The maximum atomic E-state index is 12.0. The number of nitrogens with one attached hydrogen (secondary N) is 1. The van der Waals surface area contributed by atoms with Crippen molar-refractivity contribution in [3.8, 4) is 0 Å². The van der Waals surface area contributed by atoms with Crippen molar-refractivity contribution in [3.63, 3.8) is 0 Å². The third-order valence-corrected chi connectivity index (χ3v) is 4.53. The van der Waals surface area contributed by atoms with Gasteiger partial charge in [-0.3, -0.25) is 0 Å². The van der Waals surface area contributed by atoms with Crippen LogP contribution in [0.25, 0.3) is 0 Å². The molecule has 0 aliphatic carbocycles. The van der Waals surface area contributed by atoms with E-state index in [1.807, 2.05) is 12.1 Å². The number of sulfonamides is 1. The van der Waals surface area contributed by atoms with Crippen LogP contribution in [0.3, 0.4) is 0 Å². The van der Waals surface area contributed by atoms with Gasteiger partial charge in [0.05, 0.1) is 12.0 Å². The molecule has 2 heterocycles. The number of likely N-dealkylation sites (tertiary alicyclic amines) is 1. The monoisotopic (exact) mass is 315 g/mol. The van der Waals surface area contributed by atoms with E-state index in [1.165, 1.54) is 0 Å². The summed E-state index contributed by atoms with van der Waals surface area (Å²) in [5.74, 6) is 0.885. The highest BCUT2D eigenvalue weighted by molar-refractivity contribution is 7.89. The molecule has 0 aromatic carbocycles. The number of nitrogens with two attached hydrogens (primary N) is 1. The van der Waals surface area contributed by atoms with Crippen LogP contribution < -0.4 is 10.5 Å². The normalized spacial score (nSPS) is 16.9. The molecule has 0 saturated carbocycles. The summed E-state index contributed by atoms with van der Waals surface area (Å²) in [6.07, 6.45) is 3.60. The first-order valence-electron chi connectivity index (χ1n) is 6.99. The van der Waals surface area contributed by atoms with Crippen LogP contribution in [-0.4, -0.2) is 44.7 Å². The van der Waals surface area contributed by atoms with Crippen LogP contribution in [0.1, 0.15) is 18.6 Å². The van der Waals surface area contributed by atoms with Gasteiger partial charge in [0.1, 0.15) is 5.76 Å². The quantitative estimate of drug-likeness (QED) is 0.826. The van der Waals surface area contributed by atoms with Crippen LogP contribution >= 0.6 is 0 Å². The fourth-order valence-corrected chi connectivity index (χ4v) is 3.48. The summed E-state index contributed by atoms with van der Waals surface area (Å²) in [5, 5.41) is 7.88. The number of carbonyl (C=O) groups excluding carboxylic acids is 1. The number of primary sulfonamides is 1. The highest BCUT2D eigenvalue weighted by atomic mass is 32.2. The van der Waals surface area contributed by atoms with E-state index in [2.05, 4.69) is 5.32 Å². The van der Waals surface area contributed by atoms with Crippen molar-refractivity contribution in [2.24, 2.45) is 11.1 Å². The lowest BCUT2D eigenvalue weighted by molar-refractivity contribution is 0.174. The molecular formula is C13H21N3O4S. The number of rotatable bonds is 5. The molecule has 118 valence electrons. The first-order chi connectivity index (χ1) is 9.94. The van der Waals surface area contributed by atoms with E-state index in [4.69, 9.17) is 9.56 Å². The molecule has 3 N–H and O–H groups in total. The van der Waals surface area contributed by atoms with Gasteiger partial charge in [0.15, 0.2) is 0 Å². The first-order valence-corrected chi connectivity index (χ1v) is 8.71. The Morgan fingerprint density at radius 1 is 1.43 bits per heavy atom. The van der Waals surface area contributed by atoms with Gasteiger partial charge in [-0.15, -0.1) is 0 Å². The predicted molar refractivity (Wildman–Crippen MR) is 78.1 cm³/mol. The molecule has 0 bridgehead atoms. The van der Waals surface area contributed by atoms with Crippen molar-refractivity contribution in [1.82, 2.24) is 10.2 Å². The van der Waals surface area contributed by atoms with E-state index >= 15 is 0 Å². The van der Waals surface area contributed by atoms with E-state index in [9.17, 15) is 13.2 Å². The molecule has 8 heteroatoms. The third-order valence-electron chi connectivity index (χ3n) is 3.60. The molecule has 1 aromatic rings. The maximum absolute atomic E-state index is 12.0. The summed E-state index contributed by atoms with van der Waals surface area (Å²) in [6, 6.07) is 3.56. The number of nitrogens with zero attached hydrogens (tertiary/aromatic N) is 1. The number of urea groups is 1. The standard InChI is InChI=1S/C13H21N3O4S/c14-21(18,19)10-11-4-7-16(8-5-11)13(17)15-6-3-12-2-1-9-20-12/h1-2,9,11H,3-8,10H2,(H,15,17)(H2,14,18,19). The zero-order chi connectivity index (χ0) is 15.3. The Labute approximate surface area is 124 Å². The van der Waals surface area contributed by atoms with Crippen LogP contribution in [0.2, 0.25) is 0 Å². The SMILES string of the molecule is NS(=O)(=O)CC1CCN(C(=O)NCCc2ccco2)CC1. The molecule has 2 amide bonds. The average molecular weight is 315 g/mol. The fourth-order valence-electron chi connectivity index (χ4n) is 2.49. The summed E-state index contributed by atoms with van der Waals surface area (Å²) in [5.41, 5.74) is 0. The summed E-state index contributed by atoms with van der Waals surface area (Å²) < 4.78 is 27.3. The minimum atomic E-state index is -3.43. The molecule has 1 saturated heterocycles. The molecule has 0 atom stereocenters. The van der Waals surface area contributed by atoms with Crippen LogP contribution in [0.4, 0.5) is 4.79 Å². The zero-order valence-electron chi connectivity index (χ0n) is 11.8. The number of amides is 2. The number of carbonyl (C=O) groups is 1. The molecule has 1 aliphatic rings. The van der Waals surface area contributed by atoms with Gasteiger partial charge in [-0.05, 0) is 30.9 Å². The van der Waals surface area contributed by atoms with E-state index in [-0.39, 0.29) is 17.7 Å². The zero-order valence-corrected chi connectivity index (χ0v) is 12.6. The Hall–Kier alpha value is -1.54. The predicted octanol–water partition coefficient (Wildman–Crippen LogP) is 0.532. The second kappa shape index (κ2) is 6.95.